The fraction of sp³-hybridized carbons (Fsp3) is 0.381. The number of nitrogens with zero attached hydrogens (tertiary/aromatic N) is 1. The smallest absolute Gasteiger partial charge is 0.252 e. The lowest BCUT2D eigenvalue weighted by Crippen LogP contribution is -2.47. The zero-order chi connectivity index (χ0) is 19.9. The van der Waals surface area contributed by atoms with Gasteiger partial charge in [0, 0.05) is 48.1 Å². The van der Waals surface area contributed by atoms with Gasteiger partial charge >= 0.3 is 0 Å². The van der Waals surface area contributed by atoms with E-state index in [-0.39, 0.29) is 36.2 Å². The van der Waals surface area contributed by atoms with E-state index in [9.17, 15) is 14.4 Å². The zero-order valence-corrected chi connectivity index (χ0v) is 16.7. The van der Waals surface area contributed by atoms with E-state index in [1.165, 1.54) is 11.3 Å². The summed E-state index contributed by atoms with van der Waals surface area (Å²) in [4.78, 5) is 38.7. The van der Waals surface area contributed by atoms with E-state index in [1.54, 1.807) is 12.1 Å². The summed E-state index contributed by atoms with van der Waals surface area (Å²) in [5.41, 5.74) is 1.27. The summed E-state index contributed by atoms with van der Waals surface area (Å²) in [5, 5.41) is 9.63. The minimum absolute atomic E-state index is 0.0310. The molecule has 1 aromatic heterocycles. The maximum atomic E-state index is 12.5. The van der Waals surface area contributed by atoms with E-state index in [0.717, 1.165) is 12.8 Å². The predicted octanol–water partition coefficient (Wildman–Crippen LogP) is 2.68. The molecule has 0 spiro atoms. The highest BCUT2D eigenvalue weighted by Crippen LogP contribution is 2.14. The van der Waals surface area contributed by atoms with Crippen LogP contribution in [0.15, 0.2) is 47.2 Å². The Bertz CT molecular complexity index is 800. The number of hydrogen-bond donors (Lipinski definition) is 2. The van der Waals surface area contributed by atoms with Crippen LogP contribution in [0.3, 0.4) is 0 Å². The molecule has 3 amide bonds. The monoisotopic (exact) mass is 399 g/mol. The molecule has 28 heavy (non-hydrogen) atoms. The molecule has 0 radical (unpaired) electrons. The average molecular weight is 400 g/mol. The summed E-state index contributed by atoms with van der Waals surface area (Å²) in [6, 6.07) is 10.6. The second-order valence-electron chi connectivity index (χ2n) is 7.09. The summed E-state index contributed by atoms with van der Waals surface area (Å²) in [6.45, 7) is 3.08. The van der Waals surface area contributed by atoms with E-state index in [1.807, 2.05) is 46.8 Å². The maximum absolute atomic E-state index is 12.5. The van der Waals surface area contributed by atoms with Crippen molar-refractivity contribution in [2.45, 2.75) is 38.3 Å². The molecule has 2 N–H and O–H groups in total. The molecular weight excluding hydrogens is 374 g/mol. The van der Waals surface area contributed by atoms with E-state index in [0.29, 0.717) is 24.2 Å². The second-order valence-corrected chi connectivity index (χ2v) is 7.87. The summed E-state index contributed by atoms with van der Waals surface area (Å²) in [5.74, 6) is -0.192. The van der Waals surface area contributed by atoms with E-state index < -0.39 is 0 Å². The Morgan fingerprint density at radius 3 is 2.43 bits per heavy atom. The Hall–Kier alpha value is -2.67. The van der Waals surface area contributed by atoms with Crippen molar-refractivity contribution in [2.24, 2.45) is 0 Å². The van der Waals surface area contributed by atoms with Crippen LogP contribution in [0.4, 0.5) is 0 Å². The number of hydrogen-bond acceptors (Lipinski definition) is 4. The number of carbonyl (C=O) groups excluding carboxylic acids is 3. The van der Waals surface area contributed by atoms with E-state index in [2.05, 4.69) is 10.6 Å². The molecule has 1 aliphatic rings. The summed E-state index contributed by atoms with van der Waals surface area (Å²) in [6.07, 6.45) is 1.75. The van der Waals surface area contributed by atoms with Crippen molar-refractivity contribution in [1.82, 2.24) is 15.5 Å². The third kappa shape index (κ3) is 5.42. The van der Waals surface area contributed by atoms with Crippen LogP contribution < -0.4 is 10.6 Å². The SMILES string of the molecule is CC(CC(=O)N1CCC(NC(=O)c2ccsc2)CC1)NC(=O)c1ccccc1. The average Bonchev–Trinajstić information content (AvgIpc) is 3.24. The van der Waals surface area contributed by atoms with Crippen molar-refractivity contribution in [2.75, 3.05) is 13.1 Å². The van der Waals surface area contributed by atoms with Gasteiger partial charge in [0.2, 0.25) is 5.91 Å². The van der Waals surface area contributed by atoms with Gasteiger partial charge in [0.15, 0.2) is 0 Å². The van der Waals surface area contributed by atoms with Crippen LogP contribution in [0.2, 0.25) is 0 Å². The molecule has 6 nitrogen and oxygen atoms in total. The molecule has 2 heterocycles. The normalized spacial score (nSPS) is 15.7. The van der Waals surface area contributed by atoms with Gasteiger partial charge in [-0.15, -0.1) is 0 Å². The van der Waals surface area contributed by atoms with E-state index >= 15 is 0 Å². The first kappa shape index (κ1) is 20.1. The lowest BCUT2D eigenvalue weighted by atomic mass is 10.0. The molecule has 7 heteroatoms. The van der Waals surface area contributed by atoms with Crippen molar-refractivity contribution >= 4 is 29.1 Å². The standard InChI is InChI=1S/C21H25N3O3S/c1-15(22-20(26)16-5-3-2-4-6-16)13-19(25)24-10-7-18(8-11-24)23-21(27)17-9-12-28-14-17/h2-6,9,12,14-15,18H,7-8,10-11,13H2,1H3,(H,22,26)(H,23,27). The fourth-order valence-corrected chi connectivity index (χ4v) is 3.91. The summed E-state index contributed by atoms with van der Waals surface area (Å²) in [7, 11) is 0. The molecular formula is C21H25N3O3S. The Morgan fingerprint density at radius 2 is 1.79 bits per heavy atom. The van der Waals surface area contributed by atoms with Crippen LogP contribution in [0.25, 0.3) is 0 Å². The molecule has 1 fully saturated rings. The lowest BCUT2D eigenvalue weighted by Gasteiger charge is -2.33. The van der Waals surface area contributed by atoms with Gasteiger partial charge in [-0.1, -0.05) is 18.2 Å². The topological polar surface area (TPSA) is 78.5 Å². The molecule has 1 unspecified atom stereocenters. The first-order valence-corrected chi connectivity index (χ1v) is 10.4. The third-order valence-electron chi connectivity index (χ3n) is 4.86. The van der Waals surface area contributed by atoms with Crippen molar-refractivity contribution in [3.8, 4) is 0 Å². The number of benzene rings is 1. The van der Waals surface area contributed by atoms with Crippen molar-refractivity contribution in [1.29, 1.82) is 0 Å². The summed E-state index contributed by atoms with van der Waals surface area (Å²) < 4.78 is 0. The Labute approximate surface area is 168 Å². The number of rotatable bonds is 6. The molecule has 2 aromatic rings. The highest BCUT2D eigenvalue weighted by atomic mass is 32.1. The Morgan fingerprint density at radius 1 is 1.07 bits per heavy atom. The number of thiophene rings is 1. The number of piperidine rings is 1. The van der Waals surface area contributed by atoms with Crippen molar-refractivity contribution < 1.29 is 14.4 Å². The highest BCUT2D eigenvalue weighted by Gasteiger charge is 2.25. The first-order chi connectivity index (χ1) is 13.5. The van der Waals surface area contributed by atoms with Crippen LogP contribution >= 0.6 is 11.3 Å². The molecule has 0 bridgehead atoms. The number of amides is 3. The molecule has 1 atom stereocenters. The Kier molecular flexibility index (Phi) is 6.81. The van der Waals surface area contributed by atoms with Gasteiger partial charge in [-0.25, -0.2) is 0 Å². The van der Waals surface area contributed by atoms with Crippen LogP contribution in [-0.2, 0) is 4.79 Å². The molecule has 1 saturated heterocycles. The van der Waals surface area contributed by atoms with Gasteiger partial charge in [-0.2, -0.15) is 11.3 Å². The molecule has 3 rings (SSSR count). The second kappa shape index (κ2) is 9.50. The zero-order valence-electron chi connectivity index (χ0n) is 15.9. The number of likely N-dealkylation sites (tertiary alicyclic amines) is 1. The highest BCUT2D eigenvalue weighted by molar-refractivity contribution is 7.08. The first-order valence-electron chi connectivity index (χ1n) is 9.49. The molecule has 0 saturated carbocycles. The largest absolute Gasteiger partial charge is 0.349 e. The Balaban J connectivity index is 1.41. The van der Waals surface area contributed by atoms with Crippen LogP contribution in [0.5, 0.6) is 0 Å². The number of nitrogens with one attached hydrogen (secondary N) is 2. The maximum Gasteiger partial charge on any atom is 0.252 e. The van der Waals surface area contributed by atoms with Gasteiger partial charge in [-0.3, -0.25) is 14.4 Å². The molecule has 1 aromatic carbocycles. The van der Waals surface area contributed by atoms with Crippen LogP contribution in [-0.4, -0.2) is 47.8 Å². The summed E-state index contributed by atoms with van der Waals surface area (Å²) >= 11 is 1.50. The van der Waals surface area contributed by atoms with Gasteiger partial charge in [0.25, 0.3) is 11.8 Å². The molecule has 1 aliphatic heterocycles. The van der Waals surface area contributed by atoms with Gasteiger partial charge < -0.3 is 15.5 Å². The lowest BCUT2D eigenvalue weighted by molar-refractivity contribution is -0.132. The van der Waals surface area contributed by atoms with Crippen LogP contribution in [0, 0.1) is 0 Å². The number of carbonyl (C=O) groups is 3. The van der Waals surface area contributed by atoms with Gasteiger partial charge in [0.1, 0.15) is 0 Å². The minimum Gasteiger partial charge on any atom is -0.349 e. The molecule has 0 aliphatic carbocycles. The van der Waals surface area contributed by atoms with Gasteiger partial charge in [-0.05, 0) is 43.3 Å². The van der Waals surface area contributed by atoms with Crippen molar-refractivity contribution in [3.63, 3.8) is 0 Å². The predicted molar refractivity (Wildman–Crippen MR) is 109 cm³/mol. The van der Waals surface area contributed by atoms with Crippen LogP contribution in [0.1, 0.15) is 46.9 Å². The van der Waals surface area contributed by atoms with Crippen molar-refractivity contribution in [3.05, 3.63) is 58.3 Å². The third-order valence-corrected chi connectivity index (χ3v) is 5.54. The van der Waals surface area contributed by atoms with E-state index in [4.69, 9.17) is 0 Å². The minimum atomic E-state index is -0.240. The van der Waals surface area contributed by atoms with Gasteiger partial charge in [0.05, 0.1) is 0 Å². The quantitative estimate of drug-likeness (QED) is 0.784. The molecule has 148 valence electrons. The fourth-order valence-electron chi connectivity index (χ4n) is 3.27.